The zero-order valence-electron chi connectivity index (χ0n) is 13.7. The molecule has 1 aromatic rings. The van der Waals surface area contributed by atoms with Crippen LogP contribution in [0.3, 0.4) is 0 Å². The highest BCUT2D eigenvalue weighted by Crippen LogP contribution is 2.31. The number of benzene rings is 1. The Kier molecular flexibility index (Phi) is 5.51. The van der Waals surface area contributed by atoms with Gasteiger partial charge in [-0.05, 0) is 31.2 Å². The Bertz CT molecular complexity index is 504. The molecular weight excluding hydrogens is 290 g/mol. The van der Waals surface area contributed by atoms with Crippen LogP contribution in [0.15, 0.2) is 30.3 Å². The largest absolute Gasteiger partial charge is 0.445 e. The molecule has 5 heteroatoms. The van der Waals surface area contributed by atoms with E-state index in [1.807, 2.05) is 35.2 Å². The van der Waals surface area contributed by atoms with Crippen molar-refractivity contribution in [2.45, 2.75) is 44.4 Å². The zero-order chi connectivity index (χ0) is 16.1. The van der Waals surface area contributed by atoms with Gasteiger partial charge in [0, 0.05) is 38.3 Å². The van der Waals surface area contributed by atoms with E-state index in [0.29, 0.717) is 25.2 Å². The summed E-state index contributed by atoms with van der Waals surface area (Å²) in [7, 11) is 0. The molecule has 0 radical (unpaired) electrons. The van der Waals surface area contributed by atoms with E-state index in [4.69, 9.17) is 10.5 Å². The Hall–Kier alpha value is -1.59. The second-order valence-corrected chi connectivity index (χ2v) is 6.54. The summed E-state index contributed by atoms with van der Waals surface area (Å²) in [6.07, 6.45) is 4.55. The predicted molar refractivity (Wildman–Crippen MR) is 90.0 cm³/mol. The van der Waals surface area contributed by atoms with Crippen LogP contribution < -0.4 is 5.73 Å². The number of carbonyl (C=O) groups is 1. The number of nitrogens with two attached hydrogens (primary N) is 1. The van der Waals surface area contributed by atoms with Gasteiger partial charge in [0.05, 0.1) is 0 Å². The maximum Gasteiger partial charge on any atom is 0.410 e. The normalized spacial score (nSPS) is 21.5. The van der Waals surface area contributed by atoms with Crippen LogP contribution in [0.5, 0.6) is 0 Å². The molecule has 0 unspecified atom stereocenters. The Morgan fingerprint density at radius 2 is 2.00 bits per heavy atom. The summed E-state index contributed by atoms with van der Waals surface area (Å²) in [6, 6.07) is 10.9. The summed E-state index contributed by atoms with van der Waals surface area (Å²) in [5.41, 5.74) is 6.79. The van der Waals surface area contributed by atoms with E-state index >= 15 is 0 Å². The number of ether oxygens (including phenoxy) is 1. The van der Waals surface area contributed by atoms with Crippen LogP contribution in [-0.4, -0.2) is 54.2 Å². The SMILES string of the molecule is NCCN(C1CC1)[C@H]1CCCN(C(=O)OCc2ccccc2)C1. The maximum atomic E-state index is 12.3. The highest BCUT2D eigenvalue weighted by Gasteiger charge is 2.36. The first-order valence-electron chi connectivity index (χ1n) is 8.69. The monoisotopic (exact) mass is 317 g/mol. The first-order valence-corrected chi connectivity index (χ1v) is 8.69. The molecule has 3 rings (SSSR count). The van der Waals surface area contributed by atoms with Crippen LogP contribution in [0.4, 0.5) is 4.79 Å². The smallest absolute Gasteiger partial charge is 0.410 e. The number of amides is 1. The molecule has 0 bridgehead atoms. The molecule has 5 nitrogen and oxygen atoms in total. The minimum atomic E-state index is -0.193. The van der Waals surface area contributed by atoms with Gasteiger partial charge >= 0.3 is 6.09 Å². The Balaban J connectivity index is 1.52. The molecule has 1 aliphatic carbocycles. The van der Waals surface area contributed by atoms with Gasteiger partial charge in [-0.15, -0.1) is 0 Å². The van der Waals surface area contributed by atoms with Gasteiger partial charge < -0.3 is 15.4 Å². The first-order chi connectivity index (χ1) is 11.3. The quantitative estimate of drug-likeness (QED) is 0.874. The summed E-state index contributed by atoms with van der Waals surface area (Å²) in [6.45, 7) is 3.53. The van der Waals surface area contributed by atoms with Crippen LogP contribution in [-0.2, 0) is 11.3 Å². The second kappa shape index (κ2) is 7.79. The Morgan fingerprint density at radius 1 is 1.22 bits per heavy atom. The van der Waals surface area contributed by atoms with Crippen molar-refractivity contribution in [2.75, 3.05) is 26.2 Å². The van der Waals surface area contributed by atoms with Crippen molar-refractivity contribution in [1.29, 1.82) is 0 Å². The molecule has 0 spiro atoms. The molecule has 23 heavy (non-hydrogen) atoms. The van der Waals surface area contributed by atoms with E-state index in [1.54, 1.807) is 0 Å². The number of nitrogens with zero attached hydrogens (tertiary/aromatic N) is 2. The summed E-state index contributed by atoms with van der Waals surface area (Å²) >= 11 is 0. The van der Waals surface area contributed by atoms with E-state index < -0.39 is 0 Å². The van der Waals surface area contributed by atoms with Crippen molar-refractivity contribution >= 4 is 6.09 Å². The molecular formula is C18H27N3O2. The number of rotatable bonds is 6. The van der Waals surface area contributed by atoms with E-state index in [-0.39, 0.29) is 6.09 Å². The van der Waals surface area contributed by atoms with Gasteiger partial charge in [-0.3, -0.25) is 4.90 Å². The fraction of sp³-hybridized carbons (Fsp3) is 0.611. The van der Waals surface area contributed by atoms with Crippen LogP contribution in [0.1, 0.15) is 31.2 Å². The van der Waals surface area contributed by atoms with Crippen LogP contribution in [0.2, 0.25) is 0 Å². The zero-order valence-corrected chi connectivity index (χ0v) is 13.7. The second-order valence-electron chi connectivity index (χ2n) is 6.54. The van der Waals surface area contributed by atoms with Crippen molar-refractivity contribution in [3.63, 3.8) is 0 Å². The first kappa shape index (κ1) is 16.3. The fourth-order valence-corrected chi connectivity index (χ4v) is 3.42. The standard InChI is InChI=1S/C18H27N3O2/c19-10-12-21(16-8-9-16)17-7-4-11-20(13-17)18(22)23-14-15-5-2-1-3-6-15/h1-3,5-6,16-17H,4,7-14,19H2/t17-/m0/s1. The third-order valence-corrected chi connectivity index (χ3v) is 4.73. The lowest BCUT2D eigenvalue weighted by Crippen LogP contribution is -2.51. The summed E-state index contributed by atoms with van der Waals surface area (Å²) < 4.78 is 5.48. The Morgan fingerprint density at radius 3 is 2.70 bits per heavy atom. The molecule has 1 aliphatic heterocycles. The molecule has 1 atom stereocenters. The molecule has 1 heterocycles. The minimum Gasteiger partial charge on any atom is -0.445 e. The van der Waals surface area contributed by atoms with Gasteiger partial charge in [0.25, 0.3) is 0 Å². The summed E-state index contributed by atoms with van der Waals surface area (Å²) in [4.78, 5) is 16.7. The van der Waals surface area contributed by atoms with Crippen molar-refractivity contribution in [3.8, 4) is 0 Å². The van der Waals surface area contributed by atoms with Crippen molar-refractivity contribution < 1.29 is 9.53 Å². The highest BCUT2D eigenvalue weighted by molar-refractivity contribution is 5.67. The highest BCUT2D eigenvalue weighted by atomic mass is 16.6. The van der Waals surface area contributed by atoms with Crippen LogP contribution >= 0.6 is 0 Å². The molecule has 2 fully saturated rings. The van der Waals surface area contributed by atoms with Gasteiger partial charge in [-0.25, -0.2) is 4.79 Å². The lowest BCUT2D eigenvalue weighted by atomic mass is 10.0. The van der Waals surface area contributed by atoms with E-state index in [2.05, 4.69) is 4.90 Å². The average molecular weight is 317 g/mol. The lowest BCUT2D eigenvalue weighted by molar-refractivity contribution is 0.0590. The Labute approximate surface area is 138 Å². The van der Waals surface area contributed by atoms with E-state index in [9.17, 15) is 4.79 Å². The molecule has 126 valence electrons. The number of hydrogen-bond acceptors (Lipinski definition) is 4. The molecule has 0 aromatic heterocycles. The third kappa shape index (κ3) is 4.45. The molecule has 1 saturated carbocycles. The average Bonchev–Trinajstić information content (AvgIpc) is 3.43. The number of carbonyl (C=O) groups excluding carboxylic acids is 1. The molecule has 2 N–H and O–H groups in total. The number of likely N-dealkylation sites (tertiary alicyclic amines) is 1. The lowest BCUT2D eigenvalue weighted by Gasteiger charge is -2.39. The third-order valence-electron chi connectivity index (χ3n) is 4.73. The van der Waals surface area contributed by atoms with Crippen LogP contribution in [0.25, 0.3) is 0 Å². The maximum absolute atomic E-state index is 12.3. The summed E-state index contributed by atoms with van der Waals surface area (Å²) in [5, 5.41) is 0. The van der Waals surface area contributed by atoms with E-state index in [0.717, 1.165) is 38.0 Å². The van der Waals surface area contributed by atoms with E-state index in [1.165, 1.54) is 12.8 Å². The van der Waals surface area contributed by atoms with Gasteiger partial charge in [-0.1, -0.05) is 30.3 Å². The van der Waals surface area contributed by atoms with Gasteiger partial charge in [0.2, 0.25) is 0 Å². The van der Waals surface area contributed by atoms with Gasteiger partial charge in [0.15, 0.2) is 0 Å². The fourth-order valence-electron chi connectivity index (χ4n) is 3.42. The number of hydrogen-bond donors (Lipinski definition) is 1. The topological polar surface area (TPSA) is 58.8 Å². The predicted octanol–water partition coefficient (Wildman–Crippen LogP) is 2.21. The van der Waals surface area contributed by atoms with Crippen molar-refractivity contribution in [3.05, 3.63) is 35.9 Å². The molecule has 1 aromatic carbocycles. The molecule has 1 amide bonds. The van der Waals surface area contributed by atoms with Crippen molar-refractivity contribution in [2.24, 2.45) is 5.73 Å². The van der Waals surface area contributed by atoms with Crippen molar-refractivity contribution in [1.82, 2.24) is 9.80 Å². The van der Waals surface area contributed by atoms with Crippen LogP contribution in [0, 0.1) is 0 Å². The molecule has 1 saturated heterocycles. The van der Waals surface area contributed by atoms with Gasteiger partial charge in [0.1, 0.15) is 6.61 Å². The summed E-state index contributed by atoms with van der Waals surface area (Å²) in [5.74, 6) is 0. The van der Waals surface area contributed by atoms with Gasteiger partial charge in [-0.2, -0.15) is 0 Å². The number of piperidine rings is 1. The molecule has 2 aliphatic rings. The minimum absolute atomic E-state index is 0.193.